The van der Waals surface area contributed by atoms with Crippen molar-refractivity contribution in [3.8, 4) is 0 Å². The third-order valence-corrected chi connectivity index (χ3v) is 2.95. The summed E-state index contributed by atoms with van der Waals surface area (Å²) >= 11 is 3.37. The summed E-state index contributed by atoms with van der Waals surface area (Å²) in [5.41, 5.74) is 0.823. The second kappa shape index (κ2) is 6.19. The van der Waals surface area contributed by atoms with Crippen LogP contribution in [-0.2, 0) is 4.74 Å². The lowest BCUT2D eigenvalue weighted by molar-refractivity contribution is -0.384. The summed E-state index contributed by atoms with van der Waals surface area (Å²) in [6, 6.07) is 6.09. The SMILES string of the molecule is CCOC(=NN)C(Br)c1ccc([N+](=O)[O-])cc1. The van der Waals surface area contributed by atoms with Crippen molar-refractivity contribution in [2.45, 2.75) is 11.8 Å². The summed E-state index contributed by atoms with van der Waals surface area (Å²) in [4.78, 5) is 9.74. The molecule has 6 nitrogen and oxygen atoms in total. The van der Waals surface area contributed by atoms with Crippen LogP contribution in [0.25, 0.3) is 0 Å². The van der Waals surface area contributed by atoms with Crippen LogP contribution < -0.4 is 5.84 Å². The van der Waals surface area contributed by atoms with Crippen molar-refractivity contribution in [1.29, 1.82) is 0 Å². The lowest BCUT2D eigenvalue weighted by atomic mass is 10.1. The van der Waals surface area contributed by atoms with Gasteiger partial charge in [0.05, 0.1) is 11.5 Å². The molecule has 0 saturated heterocycles. The molecule has 0 aliphatic carbocycles. The van der Waals surface area contributed by atoms with E-state index in [2.05, 4.69) is 21.0 Å². The number of hydrazone groups is 1. The molecule has 92 valence electrons. The molecule has 1 unspecified atom stereocenters. The molecule has 1 aromatic carbocycles. The first-order valence-corrected chi connectivity index (χ1v) is 5.80. The van der Waals surface area contributed by atoms with E-state index in [1.165, 1.54) is 12.1 Å². The largest absolute Gasteiger partial charge is 0.479 e. The van der Waals surface area contributed by atoms with Crippen molar-refractivity contribution in [2.24, 2.45) is 10.9 Å². The molecular formula is C10H12BrN3O3. The van der Waals surface area contributed by atoms with E-state index in [-0.39, 0.29) is 10.5 Å². The molecule has 0 saturated carbocycles. The van der Waals surface area contributed by atoms with Crippen molar-refractivity contribution in [3.63, 3.8) is 0 Å². The molecule has 0 heterocycles. The molecule has 2 N–H and O–H groups in total. The van der Waals surface area contributed by atoms with E-state index in [1.807, 2.05) is 6.92 Å². The number of alkyl halides is 1. The lowest BCUT2D eigenvalue weighted by Crippen LogP contribution is -2.13. The van der Waals surface area contributed by atoms with Crippen LogP contribution >= 0.6 is 15.9 Å². The zero-order valence-electron chi connectivity index (χ0n) is 9.17. The highest BCUT2D eigenvalue weighted by atomic mass is 79.9. The number of nitrogens with two attached hydrogens (primary N) is 1. The van der Waals surface area contributed by atoms with Crippen LogP contribution in [0.15, 0.2) is 29.4 Å². The molecule has 0 bridgehead atoms. The zero-order valence-corrected chi connectivity index (χ0v) is 10.8. The topological polar surface area (TPSA) is 90.8 Å². The fourth-order valence-corrected chi connectivity index (χ4v) is 1.79. The van der Waals surface area contributed by atoms with Gasteiger partial charge in [-0.1, -0.05) is 28.1 Å². The average molecular weight is 302 g/mol. The van der Waals surface area contributed by atoms with E-state index in [0.717, 1.165) is 5.56 Å². The van der Waals surface area contributed by atoms with Crippen LogP contribution in [-0.4, -0.2) is 17.4 Å². The third kappa shape index (κ3) is 3.42. The molecule has 1 atom stereocenters. The van der Waals surface area contributed by atoms with Gasteiger partial charge in [-0.25, -0.2) is 0 Å². The number of halogens is 1. The summed E-state index contributed by atoms with van der Waals surface area (Å²) < 4.78 is 5.23. The predicted molar refractivity (Wildman–Crippen MR) is 68.0 cm³/mol. The van der Waals surface area contributed by atoms with Gasteiger partial charge in [0.25, 0.3) is 5.69 Å². The molecule has 1 aromatic rings. The Labute approximate surface area is 107 Å². The maximum Gasteiger partial charge on any atom is 0.269 e. The van der Waals surface area contributed by atoms with Crippen molar-refractivity contribution in [2.75, 3.05) is 6.61 Å². The van der Waals surface area contributed by atoms with Crippen LogP contribution in [0.1, 0.15) is 17.3 Å². The molecule has 0 fully saturated rings. The molecule has 17 heavy (non-hydrogen) atoms. The number of rotatable bonds is 4. The van der Waals surface area contributed by atoms with Gasteiger partial charge in [-0.3, -0.25) is 10.1 Å². The summed E-state index contributed by atoms with van der Waals surface area (Å²) in [5.74, 6) is 5.53. The molecule has 0 spiro atoms. The summed E-state index contributed by atoms with van der Waals surface area (Å²) in [7, 11) is 0. The summed E-state index contributed by atoms with van der Waals surface area (Å²) in [6.07, 6.45) is 0. The summed E-state index contributed by atoms with van der Waals surface area (Å²) in [5, 5.41) is 14.0. The maximum absolute atomic E-state index is 10.5. The first-order valence-electron chi connectivity index (χ1n) is 4.89. The van der Waals surface area contributed by atoms with Gasteiger partial charge in [0.2, 0.25) is 5.90 Å². The van der Waals surface area contributed by atoms with E-state index in [1.54, 1.807) is 12.1 Å². The van der Waals surface area contributed by atoms with Gasteiger partial charge >= 0.3 is 0 Å². The van der Waals surface area contributed by atoms with E-state index >= 15 is 0 Å². The van der Waals surface area contributed by atoms with Gasteiger partial charge < -0.3 is 10.6 Å². The minimum absolute atomic E-state index is 0.0381. The minimum Gasteiger partial charge on any atom is -0.479 e. The Balaban J connectivity index is 2.89. The van der Waals surface area contributed by atoms with Gasteiger partial charge in [-0.2, -0.15) is 0 Å². The second-order valence-electron chi connectivity index (χ2n) is 3.11. The zero-order chi connectivity index (χ0) is 12.8. The molecule has 1 rings (SSSR count). The normalized spacial score (nSPS) is 13.2. The Morgan fingerprint density at radius 2 is 2.18 bits per heavy atom. The standard InChI is InChI=1S/C10H12BrN3O3/c1-2-17-10(13-12)9(11)7-3-5-8(6-4-7)14(15)16/h3-6,9H,2,12H2,1H3. The molecule has 7 heteroatoms. The van der Waals surface area contributed by atoms with Crippen LogP contribution in [0.4, 0.5) is 5.69 Å². The smallest absolute Gasteiger partial charge is 0.269 e. The van der Waals surface area contributed by atoms with Gasteiger partial charge in [0.1, 0.15) is 4.83 Å². The predicted octanol–water partition coefficient (Wildman–Crippen LogP) is 2.34. The first-order chi connectivity index (χ1) is 8.10. The molecule has 0 aromatic heterocycles. The third-order valence-electron chi connectivity index (χ3n) is 2.03. The van der Waals surface area contributed by atoms with Gasteiger partial charge in [0, 0.05) is 12.1 Å². The highest BCUT2D eigenvalue weighted by Gasteiger charge is 2.17. The van der Waals surface area contributed by atoms with E-state index in [9.17, 15) is 10.1 Å². The van der Waals surface area contributed by atoms with Crippen LogP contribution in [0.2, 0.25) is 0 Å². The van der Waals surface area contributed by atoms with Crippen molar-refractivity contribution >= 4 is 27.5 Å². The molecular weight excluding hydrogens is 290 g/mol. The highest BCUT2D eigenvalue weighted by molar-refractivity contribution is 9.09. The number of hydrogen-bond acceptors (Lipinski definition) is 5. The van der Waals surface area contributed by atoms with Gasteiger partial charge in [-0.05, 0) is 12.5 Å². The minimum atomic E-state index is -0.451. The molecule has 0 radical (unpaired) electrons. The van der Waals surface area contributed by atoms with Gasteiger partial charge in [0.15, 0.2) is 0 Å². The number of nitro benzene ring substituents is 1. The Kier molecular flexibility index (Phi) is 4.89. The quantitative estimate of drug-likeness (QED) is 0.231. The average Bonchev–Trinajstić information content (AvgIpc) is 2.35. The Hall–Kier alpha value is -1.63. The van der Waals surface area contributed by atoms with Gasteiger partial charge in [-0.15, -0.1) is 5.10 Å². The first kappa shape index (κ1) is 13.4. The number of non-ortho nitro benzene ring substituents is 1. The fourth-order valence-electron chi connectivity index (χ4n) is 1.23. The van der Waals surface area contributed by atoms with Crippen LogP contribution in [0, 0.1) is 10.1 Å². The number of nitrogens with zero attached hydrogens (tertiary/aromatic N) is 2. The van der Waals surface area contributed by atoms with E-state index in [4.69, 9.17) is 10.6 Å². The monoisotopic (exact) mass is 301 g/mol. The lowest BCUT2D eigenvalue weighted by Gasteiger charge is -2.12. The van der Waals surface area contributed by atoms with Crippen LogP contribution in [0.3, 0.4) is 0 Å². The second-order valence-corrected chi connectivity index (χ2v) is 4.03. The molecule has 0 amide bonds. The maximum atomic E-state index is 10.5. The highest BCUT2D eigenvalue weighted by Crippen LogP contribution is 2.26. The van der Waals surface area contributed by atoms with E-state index in [0.29, 0.717) is 12.5 Å². The van der Waals surface area contributed by atoms with E-state index < -0.39 is 4.92 Å². The van der Waals surface area contributed by atoms with Crippen molar-refractivity contribution in [1.82, 2.24) is 0 Å². The number of ether oxygens (including phenoxy) is 1. The molecule has 0 aliphatic rings. The number of benzene rings is 1. The fraction of sp³-hybridized carbons (Fsp3) is 0.300. The number of nitro groups is 1. The van der Waals surface area contributed by atoms with Crippen LogP contribution in [0.5, 0.6) is 0 Å². The molecule has 0 aliphatic heterocycles. The van der Waals surface area contributed by atoms with Crippen molar-refractivity contribution < 1.29 is 9.66 Å². The Morgan fingerprint density at radius 3 is 2.59 bits per heavy atom. The summed E-state index contributed by atoms with van der Waals surface area (Å²) in [6.45, 7) is 2.27. The Morgan fingerprint density at radius 1 is 1.59 bits per heavy atom. The number of hydrogen-bond donors (Lipinski definition) is 1. The Bertz CT molecular complexity index is 419. The van der Waals surface area contributed by atoms with Crippen molar-refractivity contribution in [3.05, 3.63) is 39.9 Å².